The van der Waals surface area contributed by atoms with E-state index in [-0.39, 0.29) is 71.5 Å². The normalized spacial score (nSPS) is 40.3. The fourth-order valence-electron chi connectivity index (χ4n) is 6.06. The zero-order valence-corrected chi connectivity index (χ0v) is 23.1. The van der Waals surface area contributed by atoms with E-state index in [1.54, 1.807) is 5.57 Å². The third-order valence-corrected chi connectivity index (χ3v) is 7.60. The maximum atomic E-state index is 10.1. The van der Waals surface area contributed by atoms with Crippen LogP contribution < -0.4 is 0 Å². The molecule has 0 aromatic heterocycles. The topological polar surface area (TPSA) is 40.5 Å². The van der Waals surface area contributed by atoms with Gasteiger partial charge in [0.05, 0.1) is 6.10 Å². The molecular formula is C23H36O2Y2. The zero-order chi connectivity index (χ0) is 18.2. The molecule has 2 N–H and O–H groups in total. The maximum Gasteiger partial charge on any atom is 0.0586 e. The zero-order valence-electron chi connectivity index (χ0n) is 17.5. The first-order chi connectivity index (χ1) is 11.9. The largest absolute Gasteiger partial charge is 0.396 e. The number of allylic oxidation sites excluding steroid dienone is 4. The van der Waals surface area contributed by atoms with Crippen LogP contribution in [0.15, 0.2) is 35.5 Å². The van der Waals surface area contributed by atoms with E-state index < -0.39 is 0 Å². The van der Waals surface area contributed by atoms with E-state index >= 15 is 0 Å². The number of fused-ring (bicyclic) bond motifs is 1. The summed E-state index contributed by atoms with van der Waals surface area (Å²) in [5.41, 5.74) is 4.39. The van der Waals surface area contributed by atoms with E-state index in [9.17, 15) is 10.2 Å². The molecule has 0 saturated heterocycles. The van der Waals surface area contributed by atoms with Crippen LogP contribution in [0.1, 0.15) is 65.7 Å². The van der Waals surface area contributed by atoms with Gasteiger partial charge >= 0.3 is 0 Å². The van der Waals surface area contributed by atoms with Crippen molar-refractivity contribution in [3.63, 3.8) is 0 Å². The molecule has 3 rings (SSSR count). The van der Waals surface area contributed by atoms with Gasteiger partial charge in [0.25, 0.3) is 0 Å². The Morgan fingerprint density at radius 1 is 1.26 bits per heavy atom. The monoisotopic (exact) mass is 522 g/mol. The number of hydrogen-bond donors (Lipinski definition) is 2. The molecule has 3 aliphatic rings. The standard InChI is InChI=1S/C23H36O2.2Y/c1-15-12-20(25)13-19(17(15)3)8-7-18-6-5-11-23(4)21(16(2)14-24)9-10-22(18)23;;/h7-8,15-16,20-22,24-25H,3,5-6,9-14H2,1-2,4H3;;/b18-7+,19-8-;;/t15-,16+,20-,21?,22-,23+;;/m0../s1. The molecule has 3 saturated carbocycles. The minimum absolute atomic E-state index is 0. The second kappa shape index (κ2) is 11.1. The van der Waals surface area contributed by atoms with Crippen LogP contribution in [0.3, 0.4) is 0 Å². The van der Waals surface area contributed by atoms with E-state index in [4.69, 9.17) is 0 Å². The minimum atomic E-state index is -0.219. The molecule has 0 bridgehead atoms. The summed E-state index contributed by atoms with van der Waals surface area (Å²) in [6, 6.07) is 0. The van der Waals surface area contributed by atoms with Gasteiger partial charge in [-0.05, 0) is 85.2 Å². The van der Waals surface area contributed by atoms with Gasteiger partial charge in [0.1, 0.15) is 0 Å². The third-order valence-electron chi connectivity index (χ3n) is 7.60. The summed E-state index contributed by atoms with van der Waals surface area (Å²) in [7, 11) is 0. The summed E-state index contributed by atoms with van der Waals surface area (Å²) in [5, 5.41) is 19.8. The quantitative estimate of drug-likeness (QED) is 0.547. The molecule has 4 heteroatoms. The summed E-state index contributed by atoms with van der Waals surface area (Å²) in [6.07, 6.45) is 12.3. The number of aliphatic hydroxyl groups is 2. The molecule has 0 spiro atoms. The molecule has 0 amide bonds. The van der Waals surface area contributed by atoms with Gasteiger partial charge < -0.3 is 10.2 Å². The van der Waals surface area contributed by atoms with Gasteiger partial charge in [-0.15, -0.1) is 0 Å². The second-order valence-corrected chi connectivity index (χ2v) is 9.21. The number of aliphatic hydroxyl groups excluding tert-OH is 2. The molecule has 6 atom stereocenters. The van der Waals surface area contributed by atoms with Gasteiger partial charge in [-0.25, -0.2) is 0 Å². The Morgan fingerprint density at radius 3 is 2.63 bits per heavy atom. The number of rotatable bonds is 3. The van der Waals surface area contributed by atoms with E-state index in [2.05, 4.69) is 39.5 Å². The Labute approximate surface area is 216 Å². The molecule has 27 heavy (non-hydrogen) atoms. The van der Waals surface area contributed by atoms with Crippen molar-refractivity contribution in [2.75, 3.05) is 6.61 Å². The van der Waals surface area contributed by atoms with Gasteiger partial charge in [-0.1, -0.05) is 45.1 Å². The van der Waals surface area contributed by atoms with Crippen molar-refractivity contribution in [2.45, 2.75) is 71.8 Å². The van der Waals surface area contributed by atoms with Gasteiger partial charge in [0, 0.05) is 72.0 Å². The first-order valence-electron chi connectivity index (χ1n) is 10.2. The van der Waals surface area contributed by atoms with Crippen molar-refractivity contribution < 1.29 is 75.6 Å². The van der Waals surface area contributed by atoms with E-state index in [1.807, 2.05) is 0 Å². The predicted molar refractivity (Wildman–Crippen MR) is 104 cm³/mol. The first kappa shape index (κ1) is 26.4. The van der Waals surface area contributed by atoms with E-state index in [1.165, 1.54) is 43.3 Å². The Kier molecular flexibility index (Phi) is 10.9. The number of hydrogen-bond acceptors (Lipinski definition) is 2. The van der Waals surface area contributed by atoms with Crippen LogP contribution in [0.5, 0.6) is 0 Å². The molecule has 0 aromatic carbocycles. The van der Waals surface area contributed by atoms with Crippen molar-refractivity contribution >= 4 is 0 Å². The molecule has 0 aromatic rings. The average molecular weight is 522 g/mol. The molecule has 0 heterocycles. The Hall–Kier alpha value is 1.35. The van der Waals surface area contributed by atoms with Crippen LogP contribution in [0.25, 0.3) is 0 Å². The van der Waals surface area contributed by atoms with Crippen molar-refractivity contribution in [3.05, 3.63) is 35.5 Å². The van der Waals surface area contributed by atoms with Crippen LogP contribution in [0.4, 0.5) is 0 Å². The molecule has 3 fully saturated rings. The summed E-state index contributed by atoms with van der Waals surface area (Å²) >= 11 is 0. The Bertz CT molecular complexity index is 583. The fraction of sp³-hybridized carbons (Fsp3) is 0.739. The molecule has 2 radical (unpaired) electrons. The Balaban J connectivity index is 0.00000182. The molecule has 0 aliphatic heterocycles. The van der Waals surface area contributed by atoms with Gasteiger partial charge in [0.15, 0.2) is 0 Å². The average Bonchev–Trinajstić information content (AvgIpc) is 2.93. The molecule has 146 valence electrons. The predicted octanol–water partition coefficient (Wildman–Crippen LogP) is 5.03. The maximum absolute atomic E-state index is 10.1. The Morgan fingerprint density at radius 2 is 1.96 bits per heavy atom. The molecule has 1 unspecified atom stereocenters. The van der Waals surface area contributed by atoms with Crippen LogP contribution >= 0.6 is 0 Å². The fourth-order valence-corrected chi connectivity index (χ4v) is 6.06. The van der Waals surface area contributed by atoms with Crippen molar-refractivity contribution in [1.29, 1.82) is 0 Å². The molecular weight excluding hydrogens is 486 g/mol. The van der Waals surface area contributed by atoms with Crippen molar-refractivity contribution in [2.24, 2.45) is 29.1 Å². The van der Waals surface area contributed by atoms with Gasteiger partial charge in [-0.3, -0.25) is 0 Å². The van der Waals surface area contributed by atoms with Gasteiger partial charge in [-0.2, -0.15) is 0 Å². The second-order valence-electron chi connectivity index (χ2n) is 9.21. The summed E-state index contributed by atoms with van der Waals surface area (Å²) in [5.74, 6) is 2.09. The summed E-state index contributed by atoms with van der Waals surface area (Å²) in [6.45, 7) is 11.4. The van der Waals surface area contributed by atoms with Crippen LogP contribution in [-0.2, 0) is 65.4 Å². The minimum Gasteiger partial charge on any atom is -0.396 e. The van der Waals surface area contributed by atoms with Crippen LogP contribution in [0.2, 0.25) is 0 Å². The summed E-state index contributed by atoms with van der Waals surface area (Å²) in [4.78, 5) is 0. The van der Waals surface area contributed by atoms with E-state index in [0.717, 1.165) is 12.8 Å². The first-order valence-corrected chi connectivity index (χ1v) is 10.2. The van der Waals surface area contributed by atoms with Crippen molar-refractivity contribution in [3.8, 4) is 0 Å². The molecule has 2 nitrogen and oxygen atoms in total. The SMILES string of the molecule is C=C1/C(=C\C=C2/CCC[C@]3(C)C([C@H](C)CO)CC[C@@H]23)C[C@@H](O)C[C@@H]1C.[Y].[Y]. The van der Waals surface area contributed by atoms with Crippen LogP contribution in [-0.4, -0.2) is 22.9 Å². The van der Waals surface area contributed by atoms with Crippen LogP contribution in [0, 0.1) is 29.1 Å². The smallest absolute Gasteiger partial charge is 0.0586 e. The molecule has 3 aliphatic carbocycles. The van der Waals surface area contributed by atoms with Crippen molar-refractivity contribution in [1.82, 2.24) is 0 Å². The summed E-state index contributed by atoms with van der Waals surface area (Å²) < 4.78 is 0. The van der Waals surface area contributed by atoms with Gasteiger partial charge in [0.2, 0.25) is 0 Å². The third kappa shape index (κ3) is 5.53. The van der Waals surface area contributed by atoms with E-state index in [0.29, 0.717) is 35.7 Å².